The van der Waals surface area contributed by atoms with E-state index in [1.54, 1.807) is 0 Å². The van der Waals surface area contributed by atoms with Crippen molar-refractivity contribution in [1.82, 2.24) is 9.47 Å². The number of ketones is 1. The van der Waals surface area contributed by atoms with Crippen LogP contribution in [0, 0.1) is 0 Å². The van der Waals surface area contributed by atoms with Crippen LogP contribution in [-0.2, 0) is 7.05 Å². The van der Waals surface area contributed by atoms with Crippen LogP contribution >= 0.6 is 0 Å². The molecule has 0 aliphatic carbocycles. The number of nitrogens with zero attached hydrogens (tertiary/aromatic N) is 2. The number of para-hydroxylation sites is 1. The van der Waals surface area contributed by atoms with Gasteiger partial charge in [0.2, 0.25) is 0 Å². The van der Waals surface area contributed by atoms with Gasteiger partial charge in [-0.3, -0.25) is 4.79 Å². The van der Waals surface area contributed by atoms with Crippen LogP contribution in [-0.4, -0.2) is 35.9 Å². The zero-order valence-electron chi connectivity index (χ0n) is 13.2. The lowest BCUT2D eigenvalue weighted by Crippen LogP contribution is -2.22. The number of aryl methyl sites for hydroxylation is 1. The largest absolute Gasteiger partial charge is 0.343 e. The first-order chi connectivity index (χ1) is 10.6. The van der Waals surface area contributed by atoms with E-state index in [-0.39, 0.29) is 5.78 Å². The highest BCUT2D eigenvalue weighted by molar-refractivity contribution is 6.14. The third-order valence-corrected chi connectivity index (χ3v) is 3.89. The minimum Gasteiger partial charge on any atom is -0.343 e. The average Bonchev–Trinajstić information content (AvgIpc) is 2.81. The number of likely N-dealkylation sites (N-methyl/N-ethyl adjacent to an activating group) is 1. The third kappa shape index (κ3) is 2.44. The molecular weight excluding hydrogens is 272 g/mol. The number of aromatic nitrogens is 1. The second-order valence-electron chi connectivity index (χ2n) is 5.83. The van der Waals surface area contributed by atoms with Crippen LogP contribution in [0.1, 0.15) is 10.4 Å². The summed E-state index contributed by atoms with van der Waals surface area (Å²) in [5.41, 5.74) is 3.97. The topological polar surface area (TPSA) is 25.2 Å². The molecule has 0 unspecified atom stereocenters. The van der Waals surface area contributed by atoms with Gasteiger partial charge in [-0.15, -0.1) is 0 Å². The van der Waals surface area contributed by atoms with E-state index in [0.717, 1.165) is 27.7 Å². The van der Waals surface area contributed by atoms with Crippen LogP contribution < -0.4 is 0 Å². The Balaban J connectivity index is 2.30. The number of hydrogen-bond acceptors (Lipinski definition) is 2. The van der Waals surface area contributed by atoms with Gasteiger partial charge in [-0.25, -0.2) is 0 Å². The van der Waals surface area contributed by atoms with Crippen LogP contribution in [0.25, 0.3) is 22.2 Å². The van der Waals surface area contributed by atoms with E-state index in [0.29, 0.717) is 6.54 Å². The predicted octanol–water partition coefficient (Wildman–Crippen LogP) is 3.59. The SMILES string of the molecule is CN(C)CC(=O)c1c(-c2ccccc2)n(C)c2ccccc12. The summed E-state index contributed by atoms with van der Waals surface area (Å²) in [4.78, 5) is 14.7. The molecule has 0 saturated carbocycles. The summed E-state index contributed by atoms with van der Waals surface area (Å²) >= 11 is 0. The van der Waals surface area contributed by atoms with Crippen molar-refractivity contribution in [2.75, 3.05) is 20.6 Å². The van der Waals surface area contributed by atoms with E-state index in [9.17, 15) is 4.79 Å². The fraction of sp³-hybridized carbons (Fsp3) is 0.211. The number of rotatable bonds is 4. The lowest BCUT2D eigenvalue weighted by molar-refractivity contribution is 0.0960. The Kier molecular flexibility index (Phi) is 3.82. The van der Waals surface area contributed by atoms with Crippen molar-refractivity contribution in [3.05, 3.63) is 60.2 Å². The zero-order valence-corrected chi connectivity index (χ0v) is 13.2. The van der Waals surface area contributed by atoms with Crippen LogP contribution in [0.5, 0.6) is 0 Å². The predicted molar refractivity (Wildman–Crippen MR) is 91.2 cm³/mol. The van der Waals surface area contributed by atoms with Crippen LogP contribution in [0.15, 0.2) is 54.6 Å². The summed E-state index contributed by atoms with van der Waals surface area (Å²) in [5, 5.41) is 1.02. The molecule has 1 aromatic heterocycles. The Morgan fingerprint density at radius 1 is 1.00 bits per heavy atom. The van der Waals surface area contributed by atoms with E-state index >= 15 is 0 Å². The molecule has 0 atom stereocenters. The summed E-state index contributed by atoms with van der Waals surface area (Å²) in [7, 11) is 5.87. The molecule has 3 heteroatoms. The van der Waals surface area contributed by atoms with Crippen molar-refractivity contribution in [3.8, 4) is 11.3 Å². The van der Waals surface area contributed by atoms with Crippen molar-refractivity contribution in [2.45, 2.75) is 0 Å². The van der Waals surface area contributed by atoms with Gasteiger partial charge in [0.05, 0.1) is 17.8 Å². The lowest BCUT2D eigenvalue weighted by atomic mass is 10.0. The Morgan fingerprint density at radius 2 is 1.64 bits per heavy atom. The summed E-state index contributed by atoms with van der Waals surface area (Å²) in [6.07, 6.45) is 0. The molecule has 3 nitrogen and oxygen atoms in total. The van der Waals surface area contributed by atoms with Crippen molar-refractivity contribution in [3.63, 3.8) is 0 Å². The van der Waals surface area contributed by atoms with Crippen LogP contribution in [0.2, 0.25) is 0 Å². The van der Waals surface area contributed by atoms with Gasteiger partial charge in [0.1, 0.15) is 0 Å². The summed E-state index contributed by atoms with van der Waals surface area (Å²) in [6.45, 7) is 0.411. The highest BCUT2D eigenvalue weighted by atomic mass is 16.1. The molecule has 1 heterocycles. The third-order valence-electron chi connectivity index (χ3n) is 3.89. The maximum atomic E-state index is 12.8. The van der Waals surface area contributed by atoms with E-state index in [1.165, 1.54) is 0 Å². The molecule has 0 amide bonds. The molecule has 2 aromatic carbocycles. The number of carbonyl (C=O) groups is 1. The maximum absolute atomic E-state index is 12.8. The second-order valence-corrected chi connectivity index (χ2v) is 5.83. The fourth-order valence-electron chi connectivity index (χ4n) is 2.98. The van der Waals surface area contributed by atoms with Crippen LogP contribution in [0.4, 0.5) is 0 Å². The smallest absolute Gasteiger partial charge is 0.179 e. The Morgan fingerprint density at radius 3 is 2.32 bits per heavy atom. The van der Waals surface area contributed by atoms with Gasteiger partial charge in [-0.05, 0) is 25.7 Å². The van der Waals surface area contributed by atoms with Crippen molar-refractivity contribution < 1.29 is 4.79 Å². The molecular formula is C19H20N2O. The highest BCUT2D eigenvalue weighted by Gasteiger charge is 2.22. The molecule has 112 valence electrons. The highest BCUT2D eigenvalue weighted by Crippen LogP contribution is 2.33. The van der Waals surface area contributed by atoms with Crippen molar-refractivity contribution in [1.29, 1.82) is 0 Å². The van der Waals surface area contributed by atoms with Gasteiger partial charge in [-0.2, -0.15) is 0 Å². The fourth-order valence-corrected chi connectivity index (χ4v) is 2.98. The molecule has 0 saturated heterocycles. The van der Waals surface area contributed by atoms with Crippen LogP contribution in [0.3, 0.4) is 0 Å². The number of benzene rings is 2. The lowest BCUT2D eigenvalue weighted by Gasteiger charge is -2.11. The summed E-state index contributed by atoms with van der Waals surface area (Å²) in [6, 6.07) is 18.2. The molecule has 3 aromatic rings. The van der Waals surface area contributed by atoms with E-state index in [4.69, 9.17) is 0 Å². The molecule has 0 aliphatic heterocycles. The van der Waals surface area contributed by atoms with E-state index < -0.39 is 0 Å². The molecule has 0 bridgehead atoms. The molecule has 3 rings (SSSR count). The number of hydrogen-bond donors (Lipinski definition) is 0. The molecule has 0 spiro atoms. The van der Waals surface area contributed by atoms with Crippen molar-refractivity contribution >= 4 is 16.7 Å². The number of fused-ring (bicyclic) bond motifs is 1. The molecule has 0 N–H and O–H groups in total. The first-order valence-electron chi connectivity index (χ1n) is 7.40. The normalized spacial score (nSPS) is 11.3. The van der Waals surface area contributed by atoms with E-state index in [2.05, 4.69) is 22.8 Å². The Hall–Kier alpha value is -2.39. The molecule has 22 heavy (non-hydrogen) atoms. The summed E-state index contributed by atoms with van der Waals surface area (Å²) in [5.74, 6) is 0.153. The first kappa shape index (κ1) is 14.5. The standard InChI is InChI=1S/C19H20N2O/c1-20(2)13-17(22)18-15-11-7-8-12-16(15)21(3)19(18)14-9-5-4-6-10-14/h4-12H,13H2,1-3H3. The second kappa shape index (κ2) is 5.78. The van der Waals surface area contributed by atoms with Gasteiger partial charge in [0, 0.05) is 18.0 Å². The van der Waals surface area contributed by atoms with Gasteiger partial charge >= 0.3 is 0 Å². The number of carbonyl (C=O) groups excluding carboxylic acids is 1. The van der Waals surface area contributed by atoms with Gasteiger partial charge in [-0.1, -0.05) is 48.5 Å². The maximum Gasteiger partial charge on any atom is 0.179 e. The molecule has 0 radical (unpaired) electrons. The quantitative estimate of drug-likeness (QED) is 0.687. The van der Waals surface area contributed by atoms with Gasteiger partial charge in [0.15, 0.2) is 5.78 Å². The monoisotopic (exact) mass is 292 g/mol. The van der Waals surface area contributed by atoms with Gasteiger partial charge < -0.3 is 9.47 Å². The van der Waals surface area contributed by atoms with Gasteiger partial charge in [0.25, 0.3) is 0 Å². The summed E-state index contributed by atoms with van der Waals surface area (Å²) < 4.78 is 2.12. The average molecular weight is 292 g/mol. The Labute approximate surface area is 130 Å². The minimum atomic E-state index is 0.153. The molecule has 0 aliphatic rings. The zero-order chi connectivity index (χ0) is 15.7. The Bertz CT molecular complexity index is 816. The van der Waals surface area contributed by atoms with E-state index in [1.807, 2.05) is 62.4 Å². The van der Waals surface area contributed by atoms with Crippen molar-refractivity contribution in [2.24, 2.45) is 7.05 Å². The first-order valence-corrected chi connectivity index (χ1v) is 7.40. The minimum absolute atomic E-state index is 0.153. The molecule has 0 fully saturated rings. The number of Topliss-reactive ketones (excluding diaryl/α,β-unsaturated/α-hetero) is 1.